The van der Waals surface area contributed by atoms with Crippen LogP contribution in [0.3, 0.4) is 0 Å². The van der Waals surface area contributed by atoms with E-state index in [1.54, 1.807) is 0 Å². The van der Waals surface area contributed by atoms with Crippen molar-refractivity contribution >= 4 is 21.8 Å². The van der Waals surface area contributed by atoms with Gasteiger partial charge in [0.1, 0.15) is 4.90 Å². The average Bonchev–Trinajstić information content (AvgIpc) is 2.14. The molecule has 1 aromatic carbocycles. The van der Waals surface area contributed by atoms with E-state index in [0.717, 1.165) is 25.1 Å². The van der Waals surface area contributed by atoms with Crippen LogP contribution in [0.2, 0.25) is 0 Å². The topological polar surface area (TPSA) is 124 Å². The van der Waals surface area contributed by atoms with Gasteiger partial charge in [-0.1, -0.05) is 0 Å². The van der Waals surface area contributed by atoms with Crippen LogP contribution in [0.15, 0.2) is 23.1 Å². The monoisotopic (exact) mass is 261 g/mol. The van der Waals surface area contributed by atoms with Gasteiger partial charge >= 0.3 is 5.97 Å². The van der Waals surface area contributed by atoms with E-state index in [4.69, 9.17) is 4.55 Å². The van der Waals surface area contributed by atoms with Gasteiger partial charge in [-0.3, -0.25) is 19.5 Å². The van der Waals surface area contributed by atoms with Gasteiger partial charge < -0.3 is 4.74 Å². The molecule has 0 heterocycles. The lowest BCUT2D eigenvalue weighted by molar-refractivity contribution is -0.385. The molecule has 9 heteroatoms. The van der Waals surface area contributed by atoms with Crippen molar-refractivity contribution in [3.8, 4) is 5.75 Å². The SMILES string of the molecule is CC(=O)Oc1cc([N+](=O)[O-])ccc1S(=O)(=O)O. The Bertz CT molecular complexity index is 578. The third kappa shape index (κ3) is 3.23. The van der Waals surface area contributed by atoms with Crippen LogP contribution in [0.4, 0.5) is 5.69 Å². The summed E-state index contributed by atoms with van der Waals surface area (Å²) in [5.41, 5.74) is -0.464. The van der Waals surface area contributed by atoms with Crippen LogP contribution in [-0.2, 0) is 14.9 Å². The summed E-state index contributed by atoms with van der Waals surface area (Å²) in [4.78, 5) is 19.7. The Morgan fingerprint density at radius 1 is 1.47 bits per heavy atom. The minimum absolute atomic E-state index is 0.464. The molecule has 0 saturated carbocycles. The number of carbonyl (C=O) groups is 1. The van der Waals surface area contributed by atoms with Crippen LogP contribution in [0.5, 0.6) is 5.75 Å². The molecule has 0 unspecified atom stereocenters. The highest BCUT2D eigenvalue weighted by Gasteiger charge is 2.21. The zero-order chi connectivity index (χ0) is 13.2. The number of benzene rings is 1. The van der Waals surface area contributed by atoms with E-state index in [1.807, 2.05) is 0 Å². The van der Waals surface area contributed by atoms with E-state index in [-0.39, 0.29) is 0 Å². The second-order valence-electron chi connectivity index (χ2n) is 2.96. The van der Waals surface area contributed by atoms with Crippen molar-refractivity contribution in [3.05, 3.63) is 28.3 Å². The number of nitro benzene ring substituents is 1. The summed E-state index contributed by atoms with van der Waals surface area (Å²) in [6.45, 7) is 0.993. The molecule has 1 aromatic rings. The molecule has 0 aliphatic carbocycles. The molecular weight excluding hydrogens is 254 g/mol. The van der Waals surface area contributed by atoms with Gasteiger partial charge in [0, 0.05) is 13.0 Å². The third-order valence-electron chi connectivity index (χ3n) is 1.67. The first-order chi connectivity index (χ1) is 7.71. The highest BCUT2D eigenvalue weighted by atomic mass is 32.2. The molecule has 92 valence electrons. The summed E-state index contributed by atoms with van der Waals surface area (Å²) in [5.74, 6) is -1.45. The fourth-order valence-corrected chi connectivity index (χ4v) is 1.65. The summed E-state index contributed by atoms with van der Waals surface area (Å²) in [6, 6.07) is 2.40. The molecule has 0 amide bonds. The number of nitro groups is 1. The molecule has 0 atom stereocenters. The first-order valence-electron chi connectivity index (χ1n) is 4.16. The zero-order valence-corrected chi connectivity index (χ0v) is 9.30. The Hall–Kier alpha value is -2.00. The fraction of sp³-hybridized carbons (Fsp3) is 0.125. The van der Waals surface area contributed by atoms with Crippen molar-refractivity contribution in [2.24, 2.45) is 0 Å². The van der Waals surface area contributed by atoms with E-state index in [9.17, 15) is 23.3 Å². The van der Waals surface area contributed by atoms with Gasteiger partial charge in [-0.25, -0.2) is 0 Å². The van der Waals surface area contributed by atoms with Crippen LogP contribution >= 0.6 is 0 Å². The zero-order valence-electron chi connectivity index (χ0n) is 8.48. The minimum atomic E-state index is -4.62. The van der Waals surface area contributed by atoms with Gasteiger partial charge in [0.25, 0.3) is 15.8 Å². The number of esters is 1. The minimum Gasteiger partial charge on any atom is -0.425 e. The molecule has 8 nitrogen and oxygen atoms in total. The van der Waals surface area contributed by atoms with Crippen LogP contribution < -0.4 is 4.74 Å². The molecule has 0 radical (unpaired) electrons. The molecular formula is C8H7NO7S. The van der Waals surface area contributed by atoms with Crippen molar-refractivity contribution in [3.63, 3.8) is 0 Å². The molecule has 17 heavy (non-hydrogen) atoms. The van der Waals surface area contributed by atoms with Crippen molar-refractivity contribution in [1.29, 1.82) is 0 Å². The van der Waals surface area contributed by atoms with E-state index in [2.05, 4.69) is 4.74 Å². The lowest BCUT2D eigenvalue weighted by atomic mass is 10.3. The average molecular weight is 261 g/mol. The Morgan fingerprint density at radius 3 is 2.47 bits per heavy atom. The first kappa shape index (κ1) is 13.1. The third-order valence-corrected chi connectivity index (χ3v) is 2.56. The van der Waals surface area contributed by atoms with E-state index >= 15 is 0 Å². The number of rotatable bonds is 3. The van der Waals surface area contributed by atoms with Gasteiger partial charge in [-0.05, 0) is 6.07 Å². The summed E-state index contributed by atoms with van der Waals surface area (Å²) < 4.78 is 35.1. The van der Waals surface area contributed by atoms with Gasteiger partial charge in [0.15, 0.2) is 5.75 Å². The van der Waals surface area contributed by atoms with Crippen molar-refractivity contribution in [2.75, 3.05) is 0 Å². The van der Waals surface area contributed by atoms with Crippen LogP contribution in [0.1, 0.15) is 6.92 Å². The lowest BCUT2D eigenvalue weighted by Gasteiger charge is -2.05. The van der Waals surface area contributed by atoms with Crippen LogP contribution in [0, 0.1) is 10.1 Å². The fourth-order valence-electron chi connectivity index (χ4n) is 1.06. The van der Waals surface area contributed by atoms with E-state index in [1.165, 1.54) is 0 Å². The summed E-state index contributed by atoms with van der Waals surface area (Å²) in [6.07, 6.45) is 0. The van der Waals surface area contributed by atoms with Crippen LogP contribution in [-0.4, -0.2) is 23.9 Å². The van der Waals surface area contributed by atoms with E-state index in [0.29, 0.717) is 0 Å². The van der Waals surface area contributed by atoms with Gasteiger partial charge in [0.2, 0.25) is 0 Å². The first-order valence-corrected chi connectivity index (χ1v) is 5.60. The molecule has 0 aliphatic heterocycles. The molecule has 0 spiro atoms. The van der Waals surface area contributed by atoms with E-state index < -0.39 is 37.3 Å². The highest BCUT2D eigenvalue weighted by molar-refractivity contribution is 7.86. The van der Waals surface area contributed by atoms with Gasteiger partial charge in [-0.2, -0.15) is 8.42 Å². The molecule has 0 saturated heterocycles. The number of hydrogen-bond donors (Lipinski definition) is 1. The quantitative estimate of drug-likeness (QED) is 0.280. The number of nitrogens with zero attached hydrogens (tertiary/aromatic N) is 1. The van der Waals surface area contributed by atoms with Crippen LogP contribution in [0.25, 0.3) is 0 Å². The number of carbonyl (C=O) groups excluding carboxylic acids is 1. The second kappa shape index (κ2) is 4.47. The maximum absolute atomic E-state index is 10.9. The molecule has 0 aromatic heterocycles. The summed E-state index contributed by atoms with van der Waals surface area (Å²) in [7, 11) is -4.62. The second-order valence-corrected chi connectivity index (χ2v) is 4.35. The normalized spacial score (nSPS) is 10.9. The highest BCUT2D eigenvalue weighted by Crippen LogP contribution is 2.28. The Balaban J connectivity index is 3.42. The molecule has 1 N–H and O–H groups in total. The van der Waals surface area contributed by atoms with Crippen molar-refractivity contribution in [1.82, 2.24) is 0 Å². The molecule has 1 rings (SSSR count). The number of ether oxygens (including phenoxy) is 1. The smallest absolute Gasteiger partial charge is 0.308 e. The Labute approximate surface area is 95.7 Å². The number of hydrogen-bond acceptors (Lipinski definition) is 6. The molecule has 0 aliphatic rings. The molecule has 0 fully saturated rings. The lowest BCUT2D eigenvalue weighted by Crippen LogP contribution is -2.08. The Kier molecular flexibility index (Phi) is 3.44. The maximum atomic E-state index is 10.9. The summed E-state index contributed by atoms with van der Waals surface area (Å²) >= 11 is 0. The van der Waals surface area contributed by atoms with Crippen molar-refractivity contribution < 1.29 is 27.4 Å². The Morgan fingerprint density at radius 2 is 2.06 bits per heavy atom. The van der Waals surface area contributed by atoms with Gasteiger partial charge in [-0.15, -0.1) is 0 Å². The predicted molar refractivity (Wildman–Crippen MR) is 54.2 cm³/mol. The largest absolute Gasteiger partial charge is 0.425 e. The van der Waals surface area contributed by atoms with Gasteiger partial charge in [0.05, 0.1) is 11.0 Å². The molecule has 0 bridgehead atoms. The predicted octanol–water partition coefficient (Wildman–Crippen LogP) is 0.767. The number of non-ortho nitro benzene ring substituents is 1. The maximum Gasteiger partial charge on any atom is 0.308 e. The standard InChI is InChI=1S/C8H7NO7S/c1-5(10)16-7-4-6(9(11)12)2-3-8(7)17(13,14)15/h2-4H,1H3,(H,13,14,15). The summed E-state index contributed by atoms with van der Waals surface area (Å²) in [5, 5.41) is 10.5. The van der Waals surface area contributed by atoms with Crippen molar-refractivity contribution in [2.45, 2.75) is 11.8 Å².